The van der Waals surface area contributed by atoms with Crippen molar-refractivity contribution in [3.8, 4) is 5.75 Å². The van der Waals surface area contributed by atoms with E-state index in [1.165, 1.54) is 23.1 Å². The quantitative estimate of drug-likeness (QED) is 0.637. The van der Waals surface area contributed by atoms with Crippen molar-refractivity contribution in [2.45, 2.75) is 19.9 Å². The molecule has 2 N–H and O–H groups in total. The summed E-state index contributed by atoms with van der Waals surface area (Å²) in [6, 6.07) is 4.04. The number of benzene rings is 1. The molecule has 8 heteroatoms. The Morgan fingerprint density at radius 1 is 1.52 bits per heavy atom. The summed E-state index contributed by atoms with van der Waals surface area (Å²) in [6.45, 7) is 4.18. The highest BCUT2D eigenvalue weighted by Gasteiger charge is 2.22. The van der Waals surface area contributed by atoms with E-state index in [4.69, 9.17) is 10.5 Å². The van der Waals surface area contributed by atoms with E-state index in [-0.39, 0.29) is 41.4 Å². The number of amides is 1. The molecule has 0 fully saturated rings. The highest BCUT2D eigenvalue weighted by Crippen LogP contribution is 2.28. The minimum Gasteiger partial charge on any atom is -0.487 e. The van der Waals surface area contributed by atoms with Gasteiger partial charge in [-0.1, -0.05) is 0 Å². The molecule has 1 aromatic rings. The van der Waals surface area contributed by atoms with Gasteiger partial charge in [0.1, 0.15) is 0 Å². The number of likely N-dealkylation sites (N-methyl/N-ethyl adjacent to an activating group) is 1. The summed E-state index contributed by atoms with van der Waals surface area (Å²) >= 11 is 0. The minimum absolute atomic E-state index is 0. The third-order valence-electron chi connectivity index (χ3n) is 3.03. The van der Waals surface area contributed by atoms with Gasteiger partial charge in [-0.3, -0.25) is 14.9 Å². The highest BCUT2D eigenvalue weighted by atomic mass is 35.5. The van der Waals surface area contributed by atoms with E-state index in [1.54, 1.807) is 20.9 Å². The second kappa shape index (κ2) is 8.43. The molecule has 0 saturated carbocycles. The van der Waals surface area contributed by atoms with Crippen molar-refractivity contribution >= 4 is 24.0 Å². The molecule has 0 aliphatic carbocycles. The molecule has 0 saturated heterocycles. The third kappa shape index (κ3) is 4.57. The molecule has 1 atom stereocenters. The summed E-state index contributed by atoms with van der Waals surface area (Å²) in [5, 5.41) is 11.0. The van der Waals surface area contributed by atoms with Gasteiger partial charge in [-0.25, -0.2) is 0 Å². The largest absolute Gasteiger partial charge is 0.487 e. The summed E-state index contributed by atoms with van der Waals surface area (Å²) in [6.07, 6.45) is 0. The molecule has 0 heterocycles. The molecule has 7 nitrogen and oxygen atoms in total. The monoisotopic (exact) mass is 317 g/mol. The van der Waals surface area contributed by atoms with E-state index in [0.717, 1.165) is 0 Å². The van der Waals surface area contributed by atoms with E-state index in [2.05, 4.69) is 0 Å². The van der Waals surface area contributed by atoms with Gasteiger partial charge in [0.2, 0.25) is 0 Å². The lowest BCUT2D eigenvalue weighted by molar-refractivity contribution is -0.385. The van der Waals surface area contributed by atoms with E-state index < -0.39 is 4.92 Å². The van der Waals surface area contributed by atoms with Gasteiger partial charge in [-0.05, 0) is 26.0 Å². The van der Waals surface area contributed by atoms with Crippen molar-refractivity contribution < 1.29 is 14.5 Å². The topological polar surface area (TPSA) is 98.7 Å². The highest BCUT2D eigenvalue weighted by molar-refractivity contribution is 5.95. The SMILES string of the molecule is CCOc1ccc(C(=O)N(C)C(C)CN)cc1[N+](=O)[O-].Cl. The normalized spacial score (nSPS) is 11.2. The molecule has 0 aliphatic rings. The molecule has 1 rings (SSSR count). The molecule has 118 valence electrons. The minimum atomic E-state index is -0.561. The maximum absolute atomic E-state index is 12.2. The Hall–Kier alpha value is -1.86. The van der Waals surface area contributed by atoms with Gasteiger partial charge in [0.05, 0.1) is 11.5 Å². The number of carbonyl (C=O) groups is 1. The molecule has 0 bridgehead atoms. The lowest BCUT2D eigenvalue weighted by Crippen LogP contribution is -2.39. The molecule has 0 aliphatic heterocycles. The van der Waals surface area contributed by atoms with Crippen molar-refractivity contribution in [2.24, 2.45) is 5.73 Å². The molecule has 21 heavy (non-hydrogen) atoms. The lowest BCUT2D eigenvalue weighted by Gasteiger charge is -2.23. The number of hydrogen-bond donors (Lipinski definition) is 1. The molecule has 1 aromatic carbocycles. The van der Waals surface area contributed by atoms with E-state index in [1.807, 2.05) is 0 Å². The van der Waals surface area contributed by atoms with Crippen LogP contribution >= 0.6 is 12.4 Å². The number of nitrogens with zero attached hydrogens (tertiary/aromatic N) is 2. The van der Waals surface area contributed by atoms with Crippen LogP contribution in [0.2, 0.25) is 0 Å². The van der Waals surface area contributed by atoms with Crippen LogP contribution in [-0.2, 0) is 0 Å². The average Bonchev–Trinajstić information content (AvgIpc) is 2.45. The van der Waals surface area contributed by atoms with Crippen LogP contribution in [0.15, 0.2) is 18.2 Å². The summed E-state index contributed by atoms with van der Waals surface area (Å²) in [5.74, 6) is -0.155. The number of nitrogens with two attached hydrogens (primary N) is 1. The van der Waals surface area contributed by atoms with E-state index >= 15 is 0 Å². The van der Waals surface area contributed by atoms with Crippen LogP contribution in [0.4, 0.5) is 5.69 Å². The number of hydrogen-bond acceptors (Lipinski definition) is 5. The third-order valence-corrected chi connectivity index (χ3v) is 3.03. The summed E-state index contributed by atoms with van der Waals surface area (Å²) in [5.41, 5.74) is 5.53. The van der Waals surface area contributed by atoms with Gasteiger partial charge in [-0.2, -0.15) is 0 Å². The first-order chi connectivity index (χ1) is 9.42. The summed E-state index contributed by atoms with van der Waals surface area (Å²) < 4.78 is 5.18. The van der Waals surface area contributed by atoms with Crippen LogP contribution in [0.1, 0.15) is 24.2 Å². The van der Waals surface area contributed by atoms with Gasteiger partial charge in [0.15, 0.2) is 5.75 Å². The number of rotatable bonds is 6. The maximum Gasteiger partial charge on any atom is 0.311 e. The van der Waals surface area contributed by atoms with Gasteiger partial charge < -0.3 is 15.4 Å². The zero-order valence-corrected chi connectivity index (χ0v) is 13.1. The van der Waals surface area contributed by atoms with Crippen LogP contribution in [0.3, 0.4) is 0 Å². The van der Waals surface area contributed by atoms with Crippen LogP contribution in [0.5, 0.6) is 5.75 Å². The smallest absolute Gasteiger partial charge is 0.311 e. The fourth-order valence-electron chi connectivity index (χ4n) is 1.63. The molecule has 0 aromatic heterocycles. The predicted molar refractivity (Wildman–Crippen MR) is 82.1 cm³/mol. The van der Waals surface area contributed by atoms with Crippen molar-refractivity contribution in [3.63, 3.8) is 0 Å². The number of halogens is 1. The zero-order valence-electron chi connectivity index (χ0n) is 12.2. The van der Waals surface area contributed by atoms with Crippen LogP contribution < -0.4 is 10.5 Å². The molecule has 0 radical (unpaired) electrons. The first-order valence-corrected chi connectivity index (χ1v) is 6.30. The average molecular weight is 318 g/mol. The molecule has 0 spiro atoms. The Morgan fingerprint density at radius 2 is 2.14 bits per heavy atom. The fraction of sp³-hybridized carbons (Fsp3) is 0.462. The van der Waals surface area contributed by atoms with E-state index in [9.17, 15) is 14.9 Å². The second-order valence-electron chi connectivity index (χ2n) is 4.37. The molecule has 1 unspecified atom stereocenters. The Kier molecular flexibility index (Phi) is 7.69. The first kappa shape index (κ1) is 19.1. The first-order valence-electron chi connectivity index (χ1n) is 6.30. The Labute approximate surface area is 129 Å². The Bertz CT molecular complexity index is 510. The van der Waals surface area contributed by atoms with Gasteiger partial charge in [0.25, 0.3) is 5.91 Å². The van der Waals surface area contributed by atoms with E-state index in [0.29, 0.717) is 13.2 Å². The van der Waals surface area contributed by atoms with Crippen molar-refractivity contribution in [2.75, 3.05) is 20.2 Å². The molecule has 1 amide bonds. The number of ether oxygens (including phenoxy) is 1. The van der Waals surface area contributed by atoms with Gasteiger partial charge in [-0.15, -0.1) is 12.4 Å². The van der Waals surface area contributed by atoms with Crippen molar-refractivity contribution in [1.29, 1.82) is 0 Å². The van der Waals surface area contributed by atoms with Gasteiger partial charge in [0, 0.05) is 31.3 Å². The summed E-state index contributed by atoms with van der Waals surface area (Å²) in [4.78, 5) is 24.1. The Morgan fingerprint density at radius 3 is 2.62 bits per heavy atom. The molecular weight excluding hydrogens is 298 g/mol. The number of nitro groups is 1. The Balaban J connectivity index is 0.00000400. The number of nitro benzene ring substituents is 1. The standard InChI is InChI=1S/C13H19N3O4.ClH/c1-4-20-12-6-5-10(7-11(12)16(18)19)13(17)15(3)9(2)8-14;/h5-7,9H,4,8,14H2,1-3H3;1H. The molecular formula is C13H20ClN3O4. The fourth-order valence-corrected chi connectivity index (χ4v) is 1.63. The van der Waals surface area contributed by atoms with Crippen LogP contribution in [0, 0.1) is 10.1 Å². The predicted octanol–water partition coefficient (Wildman–Crippen LogP) is 1.83. The number of carbonyl (C=O) groups excluding carboxylic acids is 1. The van der Waals surface area contributed by atoms with Crippen LogP contribution in [-0.4, -0.2) is 42.0 Å². The lowest BCUT2D eigenvalue weighted by atomic mass is 10.1. The zero-order chi connectivity index (χ0) is 15.3. The second-order valence-corrected chi connectivity index (χ2v) is 4.37. The van der Waals surface area contributed by atoms with Crippen LogP contribution in [0.25, 0.3) is 0 Å². The van der Waals surface area contributed by atoms with Gasteiger partial charge >= 0.3 is 5.69 Å². The van der Waals surface area contributed by atoms with Crippen molar-refractivity contribution in [3.05, 3.63) is 33.9 Å². The maximum atomic E-state index is 12.2. The van der Waals surface area contributed by atoms with Crippen molar-refractivity contribution in [1.82, 2.24) is 4.90 Å². The summed E-state index contributed by atoms with van der Waals surface area (Å²) in [7, 11) is 1.61.